The molecule has 20 heavy (non-hydrogen) atoms. The van der Waals surface area contributed by atoms with E-state index in [1.54, 1.807) is 6.21 Å². The second kappa shape index (κ2) is 4.58. The number of rotatable bonds is 1. The van der Waals surface area contributed by atoms with Crippen molar-refractivity contribution in [3.05, 3.63) is 48.2 Å². The second-order valence-electron chi connectivity index (χ2n) is 6.48. The van der Waals surface area contributed by atoms with E-state index in [1.807, 2.05) is 29.3 Å². The molecule has 0 N–H and O–H groups in total. The Morgan fingerprint density at radius 2 is 1.85 bits per heavy atom. The van der Waals surface area contributed by atoms with Crippen molar-refractivity contribution >= 4 is 12.1 Å². The van der Waals surface area contributed by atoms with E-state index >= 15 is 0 Å². The molecule has 2 aliphatic heterocycles. The normalized spacial score (nSPS) is 28.9. The molecule has 104 valence electrons. The van der Waals surface area contributed by atoms with Crippen molar-refractivity contribution in [3.63, 3.8) is 0 Å². The molecule has 3 nitrogen and oxygen atoms in total. The maximum absolute atomic E-state index is 12.8. The lowest BCUT2D eigenvalue weighted by molar-refractivity contribution is -0.135. The molecule has 3 heteroatoms. The average Bonchev–Trinajstić information content (AvgIpc) is 2.74. The Morgan fingerprint density at radius 1 is 1.15 bits per heavy atom. The minimum Gasteiger partial charge on any atom is -0.330 e. The van der Waals surface area contributed by atoms with E-state index in [0.717, 1.165) is 0 Å². The molecule has 3 unspecified atom stereocenters. The molecule has 0 aliphatic carbocycles. The third kappa shape index (κ3) is 1.98. The van der Waals surface area contributed by atoms with Gasteiger partial charge >= 0.3 is 0 Å². The van der Waals surface area contributed by atoms with Gasteiger partial charge in [-0.05, 0) is 26.3 Å². The summed E-state index contributed by atoms with van der Waals surface area (Å²) < 4.78 is 0. The van der Waals surface area contributed by atoms with E-state index in [-0.39, 0.29) is 29.3 Å². The molecular formula is C17H20N2O. The Kier molecular flexibility index (Phi) is 3.00. The van der Waals surface area contributed by atoms with Crippen LogP contribution in [0.25, 0.3) is 0 Å². The summed E-state index contributed by atoms with van der Waals surface area (Å²) in [6, 6.07) is 10.4. The van der Waals surface area contributed by atoms with Crippen molar-refractivity contribution in [2.75, 3.05) is 0 Å². The fourth-order valence-electron chi connectivity index (χ4n) is 3.28. The van der Waals surface area contributed by atoms with Gasteiger partial charge in [-0.3, -0.25) is 9.79 Å². The molecule has 3 rings (SSSR count). The zero-order valence-corrected chi connectivity index (χ0v) is 12.2. The fourth-order valence-corrected chi connectivity index (χ4v) is 3.28. The van der Waals surface area contributed by atoms with Crippen LogP contribution in [-0.2, 0) is 4.79 Å². The predicted molar refractivity (Wildman–Crippen MR) is 80.4 cm³/mol. The minimum absolute atomic E-state index is 0.0942. The predicted octanol–water partition coefficient (Wildman–Crippen LogP) is 3.20. The van der Waals surface area contributed by atoms with Crippen LogP contribution in [0.3, 0.4) is 0 Å². The highest BCUT2D eigenvalue weighted by molar-refractivity contribution is 5.97. The van der Waals surface area contributed by atoms with Crippen LogP contribution >= 0.6 is 0 Å². The molecule has 1 aromatic rings. The standard InChI is InChI=1S/C17H20N2O/c1-17(2,3)19-15(12-7-5-4-6-8-12)13-9-10-18-11-14(13)16(19)20/h4-11,13-15H,1-3H3. The quantitative estimate of drug-likeness (QED) is 0.770. The van der Waals surface area contributed by atoms with Gasteiger partial charge in [-0.15, -0.1) is 0 Å². The molecule has 1 aromatic carbocycles. The van der Waals surface area contributed by atoms with E-state index in [0.29, 0.717) is 0 Å². The van der Waals surface area contributed by atoms with Crippen LogP contribution in [0.2, 0.25) is 0 Å². The van der Waals surface area contributed by atoms with Crippen molar-refractivity contribution in [2.24, 2.45) is 16.8 Å². The zero-order valence-electron chi connectivity index (χ0n) is 12.2. The Morgan fingerprint density at radius 3 is 2.50 bits per heavy atom. The van der Waals surface area contributed by atoms with E-state index < -0.39 is 0 Å². The van der Waals surface area contributed by atoms with Gasteiger partial charge in [-0.25, -0.2) is 0 Å². The van der Waals surface area contributed by atoms with Crippen LogP contribution in [0.4, 0.5) is 0 Å². The number of aliphatic imine (C=N–C) groups is 1. The molecule has 0 spiro atoms. The van der Waals surface area contributed by atoms with Gasteiger partial charge < -0.3 is 4.90 Å². The van der Waals surface area contributed by atoms with Gasteiger partial charge in [0.2, 0.25) is 5.91 Å². The molecule has 2 heterocycles. The van der Waals surface area contributed by atoms with Gasteiger partial charge in [0.25, 0.3) is 0 Å². The topological polar surface area (TPSA) is 32.7 Å². The van der Waals surface area contributed by atoms with Crippen molar-refractivity contribution in [3.8, 4) is 0 Å². The van der Waals surface area contributed by atoms with Crippen LogP contribution < -0.4 is 0 Å². The highest BCUT2D eigenvalue weighted by Gasteiger charge is 2.50. The number of hydrogen-bond donors (Lipinski definition) is 0. The summed E-state index contributed by atoms with van der Waals surface area (Å²) in [5.41, 5.74) is 1.000. The lowest BCUT2D eigenvalue weighted by atomic mass is 9.86. The molecule has 1 fully saturated rings. The lowest BCUT2D eigenvalue weighted by Gasteiger charge is -2.38. The third-order valence-electron chi connectivity index (χ3n) is 4.08. The Hall–Kier alpha value is -1.90. The first-order chi connectivity index (χ1) is 9.50. The van der Waals surface area contributed by atoms with Crippen LogP contribution in [0.15, 0.2) is 47.6 Å². The first-order valence-corrected chi connectivity index (χ1v) is 7.08. The monoisotopic (exact) mass is 268 g/mol. The number of benzene rings is 1. The number of nitrogens with zero attached hydrogens (tertiary/aromatic N) is 2. The van der Waals surface area contributed by atoms with E-state index in [4.69, 9.17) is 0 Å². The number of carbonyl (C=O) groups excluding carboxylic acids is 1. The number of carbonyl (C=O) groups is 1. The Bertz CT molecular complexity index is 568. The van der Waals surface area contributed by atoms with Crippen molar-refractivity contribution < 1.29 is 4.79 Å². The maximum Gasteiger partial charge on any atom is 0.232 e. The van der Waals surface area contributed by atoms with E-state index in [1.165, 1.54) is 5.56 Å². The average molecular weight is 268 g/mol. The molecule has 0 radical (unpaired) electrons. The molecule has 0 saturated carbocycles. The van der Waals surface area contributed by atoms with Crippen LogP contribution in [0, 0.1) is 11.8 Å². The van der Waals surface area contributed by atoms with Crippen molar-refractivity contribution in [1.82, 2.24) is 4.90 Å². The van der Waals surface area contributed by atoms with Gasteiger partial charge in [0, 0.05) is 23.9 Å². The van der Waals surface area contributed by atoms with E-state index in [2.05, 4.69) is 44.0 Å². The summed E-state index contributed by atoms with van der Waals surface area (Å²) in [7, 11) is 0. The summed E-state index contributed by atoms with van der Waals surface area (Å²) in [6.45, 7) is 6.29. The van der Waals surface area contributed by atoms with Crippen LogP contribution in [0.1, 0.15) is 32.4 Å². The van der Waals surface area contributed by atoms with E-state index in [9.17, 15) is 4.79 Å². The highest BCUT2D eigenvalue weighted by atomic mass is 16.2. The van der Waals surface area contributed by atoms with Crippen LogP contribution in [0.5, 0.6) is 0 Å². The number of amides is 1. The summed E-state index contributed by atoms with van der Waals surface area (Å²) >= 11 is 0. The maximum atomic E-state index is 12.8. The van der Waals surface area contributed by atoms with Crippen molar-refractivity contribution in [1.29, 1.82) is 0 Å². The zero-order chi connectivity index (χ0) is 14.3. The van der Waals surface area contributed by atoms with Gasteiger partial charge in [-0.1, -0.05) is 36.4 Å². The molecule has 0 aromatic heterocycles. The number of likely N-dealkylation sites (tertiary alicyclic amines) is 1. The fraction of sp³-hybridized carbons (Fsp3) is 0.412. The molecule has 0 bridgehead atoms. The first-order valence-electron chi connectivity index (χ1n) is 7.08. The van der Waals surface area contributed by atoms with Crippen LogP contribution in [-0.4, -0.2) is 22.6 Å². The summed E-state index contributed by atoms with van der Waals surface area (Å²) in [5, 5.41) is 0. The first kappa shape index (κ1) is 13.1. The second-order valence-corrected chi connectivity index (χ2v) is 6.48. The third-order valence-corrected chi connectivity index (χ3v) is 4.08. The summed E-state index contributed by atoms with van der Waals surface area (Å²) in [5.74, 6) is 0.246. The molecule has 1 amide bonds. The lowest BCUT2D eigenvalue weighted by Crippen LogP contribution is -2.44. The SMILES string of the molecule is CC(C)(C)N1C(=O)C2C=NC=CC2C1c1ccccc1. The molecule has 2 aliphatic rings. The summed E-state index contributed by atoms with van der Waals surface area (Å²) in [4.78, 5) is 19.0. The van der Waals surface area contributed by atoms with Crippen molar-refractivity contribution in [2.45, 2.75) is 32.4 Å². The van der Waals surface area contributed by atoms with Gasteiger partial charge in [0.05, 0.1) is 12.0 Å². The molecule has 1 saturated heterocycles. The Labute approximate surface area is 120 Å². The summed E-state index contributed by atoms with van der Waals surface area (Å²) in [6.07, 6.45) is 5.69. The van der Waals surface area contributed by atoms with Gasteiger partial charge in [-0.2, -0.15) is 0 Å². The Balaban J connectivity index is 2.10. The number of fused-ring (bicyclic) bond motifs is 1. The molecule has 3 atom stereocenters. The molecular weight excluding hydrogens is 248 g/mol. The smallest absolute Gasteiger partial charge is 0.232 e. The largest absolute Gasteiger partial charge is 0.330 e. The van der Waals surface area contributed by atoms with Gasteiger partial charge in [0.15, 0.2) is 0 Å². The van der Waals surface area contributed by atoms with Gasteiger partial charge in [0.1, 0.15) is 0 Å². The minimum atomic E-state index is -0.198. The number of hydrogen-bond acceptors (Lipinski definition) is 2. The highest BCUT2D eigenvalue weighted by Crippen LogP contribution is 2.46.